The highest BCUT2D eigenvalue weighted by Crippen LogP contribution is 2.23. The largest absolute Gasteiger partial charge is 0.288 e. The highest BCUT2D eigenvalue weighted by Gasteiger charge is 2.07. The van der Waals surface area contributed by atoms with Crippen molar-refractivity contribution >= 4 is 29.0 Å². The molecule has 0 amide bonds. The van der Waals surface area contributed by atoms with E-state index >= 15 is 0 Å². The molecular weight excluding hydrogens is 238 g/mol. The van der Waals surface area contributed by atoms with Crippen molar-refractivity contribution < 1.29 is 0 Å². The summed E-state index contributed by atoms with van der Waals surface area (Å²) in [5.41, 5.74) is 3.16. The summed E-state index contributed by atoms with van der Waals surface area (Å²) in [4.78, 5) is 3.04. The summed E-state index contributed by atoms with van der Waals surface area (Å²) in [6.45, 7) is 0. The van der Waals surface area contributed by atoms with Crippen LogP contribution in [0.4, 0.5) is 0 Å². The van der Waals surface area contributed by atoms with Gasteiger partial charge in [0.25, 0.3) is 0 Å². The molecule has 3 heteroatoms. The van der Waals surface area contributed by atoms with Gasteiger partial charge in [-0.1, -0.05) is 66.8 Å². The number of halogens is 1. The molecule has 0 spiro atoms. The first-order valence-corrected chi connectivity index (χ1v) is 5.67. The molecule has 0 aromatic heterocycles. The second-order valence-electron chi connectivity index (χ2n) is 3.34. The zero-order valence-corrected chi connectivity index (χ0v) is 10.1. The van der Waals surface area contributed by atoms with E-state index in [0.717, 1.165) is 16.7 Å². The SMILES string of the molecule is S=C(NCl)c1ccccc1-c1ccccc1. The third kappa shape index (κ3) is 2.23. The van der Waals surface area contributed by atoms with E-state index in [0.29, 0.717) is 4.99 Å². The van der Waals surface area contributed by atoms with Crippen molar-refractivity contribution in [2.75, 3.05) is 0 Å². The number of hydrogen-bond acceptors (Lipinski definition) is 1. The van der Waals surface area contributed by atoms with Crippen molar-refractivity contribution in [1.82, 2.24) is 4.84 Å². The zero-order chi connectivity index (χ0) is 11.4. The average molecular weight is 248 g/mol. The summed E-state index contributed by atoms with van der Waals surface area (Å²) in [6, 6.07) is 18.0. The molecule has 0 bridgehead atoms. The first-order chi connectivity index (χ1) is 7.83. The third-order valence-corrected chi connectivity index (χ3v) is 2.97. The van der Waals surface area contributed by atoms with Gasteiger partial charge in [-0.25, -0.2) is 0 Å². The fourth-order valence-corrected chi connectivity index (χ4v) is 1.88. The molecule has 0 saturated heterocycles. The molecule has 16 heavy (non-hydrogen) atoms. The van der Waals surface area contributed by atoms with Gasteiger partial charge in [-0.05, 0) is 11.1 Å². The number of thiocarbonyl (C=S) groups is 1. The van der Waals surface area contributed by atoms with Gasteiger partial charge in [-0.15, -0.1) is 0 Å². The topological polar surface area (TPSA) is 12.0 Å². The monoisotopic (exact) mass is 247 g/mol. The molecule has 0 aliphatic carbocycles. The van der Waals surface area contributed by atoms with E-state index in [9.17, 15) is 0 Å². The van der Waals surface area contributed by atoms with Crippen LogP contribution in [-0.2, 0) is 0 Å². The lowest BCUT2D eigenvalue weighted by molar-refractivity contribution is 1.50. The van der Waals surface area contributed by atoms with Crippen molar-refractivity contribution in [3.63, 3.8) is 0 Å². The van der Waals surface area contributed by atoms with Crippen LogP contribution in [0.1, 0.15) is 5.56 Å². The maximum absolute atomic E-state index is 5.55. The van der Waals surface area contributed by atoms with Crippen LogP contribution < -0.4 is 4.84 Å². The molecule has 0 radical (unpaired) electrons. The Labute approximate surface area is 105 Å². The fourth-order valence-electron chi connectivity index (χ4n) is 1.60. The highest BCUT2D eigenvalue weighted by atomic mass is 35.5. The van der Waals surface area contributed by atoms with Crippen LogP contribution in [0.3, 0.4) is 0 Å². The third-order valence-electron chi connectivity index (χ3n) is 2.34. The Morgan fingerprint density at radius 1 is 0.938 bits per heavy atom. The average Bonchev–Trinajstić information content (AvgIpc) is 2.39. The standard InChI is InChI=1S/C13H10ClNS/c14-15-13(16)12-9-5-4-8-11(12)10-6-2-1-3-7-10/h1-9H,(H,15,16). The molecule has 1 nitrogen and oxygen atoms in total. The van der Waals surface area contributed by atoms with Gasteiger partial charge in [-0.3, -0.25) is 4.84 Å². The number of nitrogens with one attached hydrogen (secondary N) is 1. The molecule has 2 rings (SSSR count). The Morgan fingerprint density at radius 2 is 1.56 bits per heavy atom. The molecule has 0 heterocycles. The second kappa shape index (κ2) is 5.10. The van der Waals surface area contributed by atoms with Gasteiger partial charge < -0.3 is 0 Å². The van der Waals surface area contributed by atoms with E-state index in [1.807, 2.05) is 42.5 Å². The van der Waals surface area contributed by atoms with Gasteiger partial charge in [0.2, 0.25) is 0 Å². The summed E-state index contributed by atoms with van der Waals surface area (Å²) in [5.74, 6) is 0. The Morgan fingerprint density at radius 3 is 2.25 bits per heavy atom. The summed E-state index contributed by atoms with van der Waals surface area (Å²) in [5, 5.41) is 0. The van der Waals surface area contributed by atoms with Crippen LogP contribution in [0.2, 0.25) is 0 Å². The van der Waals surface area contributed by atoms with E-state index in [2.05, 4.69) is 17.0 Å². The van der Waals surface area contributed by atoms with E-state index in [1.54, 1.807) is 0 Å². The molecule has 2 aromatic carbocycles. The number of hydrogen-bond donors (Lipinski definition) is 1. The molecule has 0 atom stereocenters. The van der Waals surface area contributed by atoms with Gasteiger partial charge in [-0.2, -0.15) is 0 Å². The van der Waals surface area contributed by atoms with Crippen molar-refractivity contribution in [1.29, 1.82) is 0 Å². The fraction of sp³-hybridized carbons (Fsp3) is 0. The Balaban J connectivity index is 2.53. The van der Waals surface area contributed by atoms with Crippen molar-refractivity contribution in [2.45, 2.75) is 0 Å². The van der Waals surface area contributed by atoms with Crippen molar-refractivity contribution in [2.24, 2.45) is 0 Å². The summed E-state index contributed by atoms with van der Waals surface area (Å²) < 4.78 is 0. The molecule has 1 N–H and O–H groups in total. The molecular formula is C13H10ClNS. The molecule has 0 saturated carbocycles. The number of rotatable bonds is 2. The molecule has 2 aromatic rings. The normalized spacial score (nSPS) is 9.81. The molecule has 0 aliphatic heterocycles. The van der Waals surface area contributed by atoms with Crippen LogP contribution in [0.25, 0.3) is 11.1 Å². The quantitative estimate of drug-likeness (QED) is 0.640. The lowest BCUT2D eigenvalue weighted by Gasteiger charge is -2.09. The van der Waals surface area contributed by atoms with Gasteiger partial charge >= 0.3 is 0 Å². The molecule has 0 unspecified atom stereocenters. The molecule has 0 fully saturated rings. The van der Waals surface area contributed by atoms with Gasteiger partial charge in [0, 0.05) is 17.3 Å². The summed E-state index contributed by atoms with van der Waals surface area (Å²) in [6.07, 6.45) is 0. The predicted molar refractivity (Wildman–Crippen MR) is 72.6 cm³/mol. The van der Waals surface area contributed by atoms with Gasteiger partial charge in [0.15, 0.2) is 0 Å². The van der Waals surface area contributed by atoms with E-state index in [1.165, 1.54) is 0 Å². The van der Waals surface area contributed by atoms with Crippen LogP contribution in [0, 0.1) is 0 Å². The maximum atomic E-state index is 5.55. The lowest BCUT2D eigenvalue weighted by atomic mass is 10.00. The number of benzene rings is 2. The highest BCUT2D eigenvalue weighted by molar-refractivity contribution is 7.80. The van der Waals surface area contributed by atoms with E-state index in [-0.39, 0.29) is 0 Å². The minimum absolute atomic E-state index is 0.543. The predicted octanol–water partition coefficient (Wildman–Crippen LogP) is 3.77. The first kappa shape index (κ1) is 11.1. The van der Waals surface area contributed by atoms with Crippen molar-refractivity contribution in [3.8, 4) is 11.1 Å². The summed E-state index contributed by atoms with van der Waals surface area (Å²) in [7, 11) is 0. The van der Waals surface area contributed by atoms with Crippen LogP contribution in [-0.4, -0.2) is 4.99 Å². The zero-order valence-electron chi connectivity index (χ0n) is 8.48. The van der Waals surface area contributed by atoms with E-state index < -0.39 is 0 Å². The first-order valence-electron chi connectivity index (χ1n) is 4.88. The Bertz CT molecular complexity index is 496. The lowest BCUT2D eigenvalue weighted by Crippen LogP contribution is -2.11. The second-order valence-corrected chi connectivity index (χ2v) is 3.93. The summed E-state index contributed by atoms with van der Waals surface area (Å²) >= 11 is 10.7. The Hall–Kier alpha value is -1.38. The van der Waals surface area contributed by atoms with Crippen LogP contribution in [0.5, 0.6) is 0 Å². The smallest absolute Gasteiger partial charge is 0.121 e. The molecule has 80 valence electrons. The van der Waals surface area contributed by atoms with Crippen LogP contribution in [0.15, 0.2) is 54.6 Å². The Kier molecular flexibility index (Phi) is 3.54. The minimum Gasteiger partial charge on any atom is -0.288 e. The van der Waals surface area contributed by atoms with Crippen LogP contribution >= 0.6 is 24.0 Å². The minimum atomic E-state index is 0.543. The maximum Gasteiger partial charge on any atom is 0.121 e. The van der Waals surface area contributed by atoms with Crippen molar-refractivity contribution in [3.05, 3.63) is 60.2 Å². The molecule has 0 aliphatic rings. The van der Waals surface area contributed by atoms with Gasteiger partial charge in [0.1, 0.15) is 4.99 Å². The van der Waals surface area contributed by atoms with E-state index in [4.69, 9.17) is 24.0 Å². The van der Waals surface area contributed by atoms with Gasteiger partial charge in [0.05, 0.1) is 0 Å².